The van der Waals surface area contributed by atoms with Gasteiger partial charge in [0.2, 0.25) is 5.91 Å². The molecule has 0 bridgehead atoms. The minimum Gasteiger partial charge on any atom is -0.493 e. The van der Waals surface area contributed by atoms with Crippen LogP contribution >= 0.6 is 0 Å². The van der Waals surface area contributed by atoms with Crippen molar-refractivity contribution in [3.8, 4) is 11.5 Å². The lowest BCUT2D eigenvalue weighted by atomic mass is 10.1. The first kappa shape index (κ1) is 17.6. The normalized spacial score (nSPS) is 17.9. The summed E-state index contributed by atoms with van der Waals surface area (Å²) in [6, 6.07) is 5.49. The number of carbonyl (C=O) groups excluding carboxylic acids is 1. The van der Waals surface area contributed by atoms with Crippen LogP contribution in [0.4, 0.5) is 0 Å². The average Bonchev–Trinajstić information content (AvgIpc) is 2.60. The Balaban J connectivity index is 1.95. The SMILES string of the molecule is CCOc1ccc(CCC(=O)N2CCOCC2CO)cc1OC. The molecular weight excluding hydrogens is 298 g/mol. The maximum absolute atomic E-state index is 12.4. The van der Waals surface area contributed by atoms with Crippen LogP contribution in [-0.4, -0.2) is 62.0 Å². The number of benzene rings is 1. The van der Waals surface area contributed by atoms with E-state index in [9.17, 15) is 9.90 Å². The second-order valence-electron chi connectivity index (χ2n) is 5.42. The molecule has 1 N–H and O–H groups in total. The first-order chi connectivity index (χ1) is 11.2. The largest absolute Gasteiger partial charge is 0.493 e. The quantitative estimate of drug-likeness (QED) is 0.818. The maximum Gasteiger partial charge on any atom is 0.223 e. The number of aryl methyl sites for hydroxylation is 1. The van der Waals surface area contributed by atoms with E-state index in [0.717, 1.165) is 5.56 Å². The highest BCUT2D eigenvalue weighted by molar-refractivity contribution is 5.77. The van der Waals surface area contributed by atoms with Gasteiger partial charge >= 0.3 is 0 Å². The highest BCUT2D eigenvalue weighted by Gasteiger charge is 2.26. The van der Waals surface area contributed by atoms with Crippen LogP contribution < -0.4 is 9.47 Å². The van der Waals surface area contributed by atoms with Gasteiger partial charge in [0, 0.05) is 13.0 Å². The second kappa shape index (κ2) is 8.74. The lowest BCUT2D eigenvalue weighted by molar-refractivity contribution is -0.141. The molecule has 1 atom stereocenters. The molecule has 1 fully saturated rings. The van der Waals surface area contributed by atoms with E-state index in [1.807, 2.05) is 25.1 Å². The molecule has 0 radical (unpaired) electrons. The lowest BCUT2D eigenvalue weighted by Gasteiger charge is -2.34. The van der Waals surface area contributed by atoms with E-state index in [4.69, 9.17) is 14.2 Å². The lowest BCUT2D eigenvalue weighted by Crippen LogP contribution is -2.50. The Hall–Kier alpha value is -1.79. The molecule has 1 aliphatic heterocycles. The van der Waals surface area contributed by atoms with E-state index in [1.54, 1.807) is 12.0 Å². The summed E-state index contributed by atoms with van der Waals surface area (Å²) in [4.78, 5) is 14.1. The molecule has 2 rings (SSSR count). The first-order valence-corrected chi connectivity index (χ1v) is 7.97. The number of nitrogens with zero attached hydrogens (tertiary/aromatic N) is 1. The average molecular weight is 323 g/mol. The topological polar surface area (TPSA) is 68.2 Å². The first-order valence-electron chi connectivity index (χ1n) is 7.97. The van der Waals surface area contributed by atoms with Gasteiger partial charge in [0.1, 0.15) is 0 Å². The molecule has 1 unspecified atom stereocenters. The third kappa shape index (κ3) is 4.59. The van der Waals surface area contributed by atoms with E-state index in [-0.39, 0.29) is 18.6 Å². The van der Waals surface area contributed by atoms with E-state index in [1.165, 1.54) is 0 Å². The number of amides is 1. The van der Waals surface area contributed by atoms with E-state index in [0.29, 0.717) is 50.7 Å². The third-order valence-electron chi connectivity index (χ3n) is 3.91. The molecule has 1 saturated heterocycles. The van der Waals surface area contributed by atoms with Gasteiger partial charge in [0.05, 0.1) is 39.6 Å². The van der Waals surface area contributed by atoms with Crippen LogP contribution in [-0.2, 0) is 16.0 Å². The van der Waals surface area contributed by atoms with Gasteiger partial charge in [-0.1, -0.05) is 6.07 Å². The molecule has 6 heteroatoms. The second-order valence-corrected chi connectivity index (χ2v) is 5.42. The third-order valence-corrected chi connectivity index (χ3v) is 3.91. The van der Waals surface area contributed by atoms with Gasteiger partial charge in [-0.25, -0.2) is 0 Å². The van der Waals surface area contributed by atoms with Gasteiger partial charge in [-0.15, -0.1) is 0 Å². The number of hydrogen-bond acceptors (Lipinski definition) is 5. The number of ether oxygens (including phenoxy) is 3. The van der Waals surface area contributed by atoms with Crippen molar-refractivity contribution < 1.29 is 24.1 Å². The van der Waals surface area contributed by atoms with Crippen molar-refractivity contribution in [1.82, 2.24) is 4.90 Å². The summed E-state index contributed by atoms with van der Waals surface area (Å²) in [5.41, 5.74) is 1.02. The number of morpholine rings is 1. The molecule has 23 heavy (non-hydrogen) atoms. The Morgan fingerprint density at radius 3 is 2.96 bits per heavy atom. The predicted octanol–water partition coefficient (Wildman–Crippen LogP) is 1.25. The minimum atomic E-state index is -0.230. The Morgan fingerprint density at radius 2 is 2.26 bits per heavy atom. The molecule has 1 amide bonds. The molecule has 1 aliphatic rings. The number of aliphatic hydroxyl groups is 1. The zero-order valence-electron chi connectivity index (χ0n) is 13.8. The summed E-state index contributed by atoms with van der Waals surface area (Å²) >= 11 is 0. The number of hydrogen-bond donors (Lipinski definition) is 1. The summed E-state index contributed by atoms with van der Waals surface area (Å²) in [6.07, 6.45) is 1.02. The van der Waals surface area contributed by atoms with Gasteiger partial charge in [0.15, 0.2) is 11.5 Å². The minimum absolute atomic E-state index is 0.0419. The van der Waals surface area contributed by atoms with Crippen LogP contribution in [0.2, 0.25) is 0 Å². The molecule has 128 valence electrons. The summed E-state index contributed by atoms with van der Waals surface area (Å²) in [6.45, 7) is 3.90. The Labute approximate surface area is 136 Å². The molecule has 6 nitrogen and oxygen atoms in total. The van der Waals surface area contributed by atoms with Crippen LogP contribution in [0.15, 0.2) is 18.2 Å². The number of methoxy groups -OCH3 is 1. The van der Waals surface area contributed by atoms with Crippen molar-refractivity contribution in [2.45, 2.75) is 25.8 Å². The van der Waals surface area contributed by atoms with Crippen molar-refractivity contribution in [2.75, 3.05) is 40.1 Å². The predicted molar refractivity (Wildman–Crippen MR) is 85.9 cm³/mol. The fourth-order valence-corrected chi connectivity index (χ4v) is 2.67. The van der Waals surface area contributed by atoms with Gasteiger partial charge in [-0.2, -0.15) is 0 Å². The number of rotatable bonds is 7. The number of aliphatic hydroxyl groups excluding tert-OH is 1. The summed E-state index contributed by atoms with van der Waals surface area (Å²) in [5.74, 6) is 1.43. The van der Waals surface area contributed by atoms with Crippen molar-refractivity contribution in [1.29, 1.82) is 0 Å². The van der Waals surface area contributed by atoms with Crippen molar-refractivity contribution in [2.24, 2.45) is 0 Å². The van der Waals surface area contributed by atoms with E-state index in [2.05, 4.69) is 0 Å². The molecule has 0 aromatic heterocycles. The molecule has 0 saturated carbocycles. The van der Waals surface area contributed by atoms with Crippen LogP contribution in [0.5, 0.6) is 11.5 Å². The zero-order chi connectivity index (χ0) is 16.7. The smallest absolute Gasteiger partial charge is 0.223 e. The van der Waals surface area contributed by atoms with Crippen LogP contribution in [0.3, 0.4) is 0 Å². The Bertz CT molecular complexity index is 520. The van der Waals surface area contributed by atoms with Crippen LogP contribution in [0.1, 0.15) is 18.9 Å². The molecular formula is C17H25NO5. The molecule has 1 heterocycles. The van der Waals surface area contributed by atoms with Gasteiger partial charge in [-0.05, 0) is 31.0 Å². The van der Waals surface area contributed by atoms with E-state index >= 15 is 0 Å². The van der Waals surface area contributed by atoms with Crippen LogP contribution in [0.25, 0.3) is 0 Å². The monoisotopic (exact) mass is 323 g/mol. The van der Waals surface area contributed by atoms with Gasteiger partial charge in [-0.3, -0.25) is 4.79 Å². The fourth-order valence-electron chi connectivity index (χ4n) is 2.67. The Morgan fingerprint density at radius 1 is 1.43 bits per heavy atom. The summed E-state index contributed by atoms with van der Waals surface area (Å²) < 4.78 is 16.1. The van der Waals surface area contributed by atoms with Crippen molar-refractivity contribution in [3.63, 3.8) is 0 Å². The standard InChI is InChI=1S/C17H25NO5/c1-3-23-15-6-4-13(10-16(15)21-2)5-7-17(20)18-8-9-22-12-14(18)11-19/h4,6,10,14,19H,3,5,7-9,11-12H2,1-2H3. The summed E-state index contributed by atoms with van der Waals surface area (Å²) in [7, 11) is 1.60. The number of carbonyl (C=O) groups is 1. The molecule has 1 aromatic rings. The van der Waals surface area contributed by atoms with Gasteiger partial charge in [0.25, 0.3) is 0 Å². The molecule has 0 spiro atoms. The van der Waals surface area contributed by atoms with Crippen molar-refractivity contribution >= 4 is 5.91 Å². The highest BCUT2D eigenvalue weighted by Crippen LogP contribution is 2.28. The highest BCUT2D eigenvalue weighted by atomic mass is 16.5. The van der Waals surface area contributed by atoms with Gasteiger partial charge < -0.3 is 24.2 Å². The van der Waals surface area contributed by atoms with E-state index < -0.39 is 0 Å². The summed E-state index contributed by atoms with van der Waals surface area (Å²) in [5, 5.41) is 9.34. The van der Waals surface area contributed by atoms with Crippen molar-refractivity contribution in [3.05, 3.63) is 23.8 Å². The van der Waals surface area contributed by atoms with Crippen LogP contribution in [0, 0.1) is 0 Å². The molecule has 0 aliphatic carbocycles. The maximum atomic E-state index is 12.4. The Kier molecular flexibility index (Phi) is 6.67. The fraction of sp³-hybridized carbons (Fsp3) is 0.588. The zero-order valence-corrected chi connectivity index (χ0v) is 13.8. The molecule has 1 aromatic carbocycles.